The Labute approximate surface area is 172 Å². The molecule has 0 aliphatic carbocycles. The zero-order valence-corrected chi connectivity index (χ0v) is 16.6. The molecule has 0 unspecified atom stereocenters. The molecule has 0 radical (unpaired) electrons. The summed E-state index contributed by atoms with van der Waals surface area (Å²) in [5.41, 5.74) is 2.36. The van der Waals surface area contributed by atoms with Crippen molar-refractivity contribution in [2.45, 2.75) is 24.8 Å². The maximum atomic E-state index is 12.7. The highest BCUT2D eigenvalue weighted by atomic mass is 16.2. The van der Waals surface area contributed by atoms with E-state index in [2.05, 4.69) is 58.7 Å². The normalized spacial score (nSPS) is 18.6. The van der Waals surface area contributed by atoms with Gasteiger partial charge in [0.15, 0.2) is 0 Å². The summed E-state index contributed by atoms with van der Waals surface area (Å²) in [5, 5.41) is 5.34. The van der Waals surface area contributed by atoms with Crippen LogP contribution in [0.5, 0.6) is 0 Å². The van der Waals surface area contributed by atoms with Gasteiger partial charge in [-0.1, -0.05) is 66.7 Å². The molecule has 2 aliphatic rings. The van der Waals surface area contributed by atoms with Gasteiger partial charge in [-0.25, -0.2) is 4.79 Å². The van der Waals surface area contributed by atoms with E-state index >= 15 is 0 Å². The summed E-state index contributed by atoms with van der Waals surface area (Å²) in [6.45, 7) is 3.91. The molecule has 148 valence electrons. The predicted octanol–water partition coefficient (Wildman–Crippen LogP) is 4.94. The van der Waals surface area contributed by atoms with Crippen molar-refractivity contribution < 1.29 is 4.79 Å². The average Bonchev–Trinajstić information content (AvgIpc) is 2.74. The van der Waals surface area contributed by atoms with Crippen LogP contribution < -0.4 is 5.32 Å². The number of urea groups is 1. The molecule has 0 spiro atoms. The number of likely N-dealkylation sites (tertiary alicyclic amines) is 2. The van der Waals surface area contributed by atoms with Gasteiger partial charge in [0.1, 0.15) is 0 Å². The summed E-state index contributed by atoms with van der Waals surface area (Å²) in [7, 11) is 0. The van der Waals surface area contributed by atoms with Crippen LogP contribution in [0.1, 0.15) is 24.3 Å². The van der Waals surface area contributed by atoms with Crippen molar-refractivity contribution >= 4 is 22.5 Å². The van der Waals surface area contributed by atoms with Crippen molar-refractivity contribution in [3.63, 3.8) is 0 Å². The van der Waals surface area contributed by atoms with Crippen LogP contribution in [-0.2, 0) is 0 Å². The first-order valence-corrected chi connectivity index (χ1v) is 10.6. The minimum absolute atomic E-state index is 0.0109. The number of amides is 2. The molecule has 4 heteroatoms. The van der Waals surface area contributed by atoms with Crippen molar-refractivity contribution in [2.24, 2.45) is 0 Å². The van der Waals surface area contributed by atoms with Gasteiger partial charge in [-0.3, -0.25) is 4.90 Å². The lowest BCUT2D eigenvalue weighted by molar-refractivity contribution is 0.0454. The molecule has 4 nitrogen and oxygen atoms in total. The summed E-state index contributed by atoms with van der Waals surface area (Å²) in [4.78, 5) is 17.2. The van der Waals surface area contributed by atoms with E-state index in [4.69, 9.17) is 0 Å². The van der Waals surface area contributed by atoms with E-state index in [1.165, 1.54) is 18.4 Å². The Morgan fingerprint density at radius 1 is 0.828 bits per heavy atom. The summed E-state index contributed by atoms with van der Waals surface area (Å²) in [5.74, 6) is 0.679. The Kier molecular flexibility index (Phi) is 4.94. The number of anilines is 1. The highest BCUT2D eigenvalue weighted by molar-refractivity contribution is 6.01. The first-order valence-electron chi connectivity index (χ1n) is 10.6. The second-order valence-electron chi connectivity index (χ2n) is 8.24. The van der Waals surface area contributed by atoms with E-state index in [1.807, 2.05) is 29.2 Å². The molecule has 2 aliphatic heterocycles. The number of nitrogens with one attached hydrogen (secondary N) is 1. The van der Waals surface area contributed by atoms with Gasteiger partial charge in [0.25, 0.3) is 0 Å². The first-order chi connectivity index (χ1) is 14.3. The SMILES string of the molecule is O=C(Nc1cccc2ccccc12)N1CC(N2CCC(c3ccccc3)CC2)C1. The zero-order valence-electron chi connectivity index (χ0n) is 16.6. The molecule has 0 aromatic heterocycles. The first kappa shape index (κ1) is 18.2. The largest absolute Gasteiger partial charge is 0.321 e. The van der Waals surface area contributed by atoms with Gasteiger partial charge in [-0.2, -0.15) is 0 Å². The highest BCUT2D eigenvalue weighted by Crippen LogP contribution is 2.30. The Balaban J connectivity index is 1.14. The fourth-order valence-corrected chi connectivity index (χ4v) is 4.70. The van der Waals surface area contributed by atoms with Crippen molar-refractivity contribution in [1.82, 2.24) is 9.80 Å². The molecular weight excluding hydrogens is 358 g/mol. The molecule has 0 bridgehead atoms. The topological polar surface area (TPSA) is 35.6 Å². The van der Waals surface area contributed by atoms with E-state index in [9.17, 15) is 4.79 Å². The Hall–Kier alpha value is -2.85. The smallest absolute Gasteiger partial charge is 0.321 e. The van der Waals surface area contributed by atoms with Gasteiger partial charge in [0, 0.05) is 24.5 Å². The summed E-state index contributed by atoms with van der Waals surface area (Å²) >= 11 is 0. The molecule has 2 fully saturated rings. The lowest BCUT2D eigenvalue weighted by Gasteiger charge is -2.47. The molecule has 1 N–H and O–H groups in total. The van der Waals surface area contributed by atoms with Crippen LogP contribution >= 0.6 is 0 Å². The van der Waals surface area contributed by atoms with Crippen LogP contribution in [0.3, 0.4) is 0 Å². The van der Waals surface area contributed by atoms with Gasteiger partial charge in [0.2, 0.25) is 0 Å². The minimum atomic E-state index is 0.0109. The number of rotatable bonds is 3. The third kappa shape index (κ3) is 3.73. The predicted molar refractivity (Wildman–Crippen MR) is 118 cm³/mol. The molecule has 5 rings (SSSR count). The molecule has 0 saturated carbocycles. The number of carbonyl (C=O) groups is 1. The number of hydrogen-bond acceptors (Lipinski definition) is 2. The molecule has 2 saturated heterocycles. The highest BCUT2D eigenvalue weighted by Gasteiger charge is 2.36. The lowest BCUT2D eigenvalue weighted by atomic mass is 9.88. The summed E-state index contributed by atoms with van der Waals surface area (Å²) in [6.07, 6.45) is 2.42. The second-order valence-corrected chi connectivity index (χ2v) is 8.24. The standard InChI is InChI=1S/C25H27N3O/c29-25(26-24-12-6-10-21-9-4-5-11-23(21)24)28-17-22(18-28)27-15-13-20(14-16-27)19-7-2-1-3-8-19/h1-12,20,22H,13-18H2,(H,26,29). The molecule has 0 atom stereocenters. The van der Waals surface area contributed by atoms with Crippen molar-refractivity contribution in [3.8, 4) is 0 Å². The van der Waals surface area contributed by atoms with Gasteiger partial charge in [-0.15, -0.1) is 0 Å². The minimum Gasteiger partial charge on any atom is -0.321 e. The fraction of sp³-hybridized carbons (Fsp3) is 0.320. The van der Waals surface area contributed by atoms with Crippen LogP contribution in [0.4, 0.5) is 10.5 Å². The quantitative estimate of drug-likeness (QED) is 0.693. The van der Waals surface area contributed by atoms with E-state index in [0.717, 1.165) is 42.6 Å². The van der Waals surface area contributed by atoms with Gasteiger partial charge >= 0.3 is 6.03 Å². The molecule has 3 aromatic rings. The van der Waals surface area contributed by atoms with Crippen molar-refractivity contribution in [3.05, 3.63) is 78.4 Å². The van der Waals surface area contributed by atoms with Gasteiger partial charge < -0.3 is 10.2 Å². The average molecular weight is 386 g/mol. The lowest BCUT2D eigenvalue weighted by Crippen LogP contribution is -2.62. The van der Waals surface area contributed by atoms with E-state index in [-0.39, 0.29) is 6.03 Å². The fourth-order valence-electron chi connectivity index (χ4n) is 4.70. The van der Waals surface area contributed by atoms with Crippen LogP contribution in [0.25, 0.3) is 10.8 Å². The van der Waals surface area contributed by atoms with E-state index < -0.39 is 0 Å². The van der Waals surface area contributed by atoms with Gasteiger partial charge in [-0.05, 0) is 48.9 Å². The van der Waals surface area contributed by atoms with Crippen molar-refractivity contribution in [1.29, 1.82) is 0 Å². The third-order valence-corrected chi connectivity index (χ3v) is 6.50. The Morgan fingerprint density at radius 3 is 2.31 bits per heavy atom. The molecule has 2 amide bonds. The summed E-state index contributed by atoms with van der Waals surface area (Å²) < 4.78 is 0. The maximum absolute atomic E-state index is 12.7. The molecule has 2 heterocycles. The molecule has 29 heavy (non-hydrogen) atoms. The number of piperidine rings is 1. The second kappa shape index (κ2) is 7.88. The van der Waals surface area contributed by atoms with Gasteiger partial charge in [0.05, 0.1) is 5.69 Å². The van der Waals surface area contributed by atoms with Crippen molar-refractivity contribution in [2.75, 3.05) is 31.5 Å². The maximum Gasteiger partial charge on any atom is 0.321 e. The van der Waals surface area contributed by atoms with Crippen LogP contribution in [0.2, 0.25) is 0 Å². The van der Waals surface area contributed by atoms with Crippen LogP contribution in [0, 0.1) is 0 Å². The number of carbonyl (C=O) groups excluding carboxylic acids is 1. The Morgan fingerprint density at radius 2 is 1.52 bits per heavy atom. The number of benzene rings is 3. The zero-order chi connectivity index (χ0) is 19.6. The number of nitrogens with zero attached hydrogens (tertiary/aromatic N) is 2. The third-order valence-electron chi connectivity index (χ3n) is 6.50. The Bertz CT molecular complexity index is 984. The molecular formula is C25H27N3O. The van der Waals surface area contributed by atoms with E-state index in [0.29, 0.717) is 12.0 Å². The van der Waals surface area contributed by atoms with Crippen LogP contribution in [-0.4, -0.2) is 48.1 Å². The monoisotopic (exact) mass is 385 g/mol. The van der Waals surface area contributed by atoms with Crippen LogP contribution in [0.15, 0.2) is 72.8 Å². The van der Waals surface area contributed by atoms with E-state index in [1.54, 1.807) is 0 Å². The summed E-state index contributed by atoms with van der Waals surface area (Å²) in [6, 6.07) is 25.6. The molecule has 3 aromatic carbocycles. The number of hydrogen-bond donors (Lipinski definition) is 1. The number of fused-ring (bicyclic) bond motifs is 1.